The maximum Gasteiger partial charge on any atom is 0.0108 e. The van der Waals surface area contributed by atoms with Crippen molar-refractivity contribution in [3.8, 4) is 0 Å². The Balaban J connectivity index is 1.87. The van der Waals surface area contributed by atoms with Crippen LogP contribution in [0.3, 0.4) is 0 Å². The number of rotatable bonds is 8. The highest BCUT2D eigenvalue weighted by Crippen LogP contribution is 2.34. The first-order valence-corrected chi connectivity index (χ1v) is 7.57. The van der Waals surface area contributed by atoms with Gasteiger partial charge >= 0.3 is 0 Å². The standard InChI is InChI=1S/C17H27N/c1-3-12-18-17(11-10-15-8-9-15)13-16-7-5-4-6-14(16)2/h4-7,15,17-18H,3,8-13H2,1-2H3. The van der Waals surface area contributed by atoms with Crippen molar-refractivity contribution in [2.45, 2.75) is 58.4 Å². The van der Waals surface area contributed by atoms with Gasteiger partial charge in [0.15, 0.2) is 0 Å². The maximum atomic E-state index is 3.73. The van der Waals surface area contributed by atoms with Crippen LogP contribution in [0.2, 0.25) is 0 Å². The Morgan fingerprint density at radius 2 is 2.06 bits per heavy atom. The number of aryl methyl sites for hydroxylation is 1. The molecule has 100 valence electrons. The molecular formula is C17H27N. The molecule has 1 atom stereocenters. The largest absolute Gasteiger partial charge is 0.314 e. The van der Waals surface area contributed by atoms with Crippen molar-refractivity contribution in [2.75, 3.05) is 6.54 Å². The molecular weight excluding hydrogens is 218 g/mol. The van der Waals surface area contributed by atoms with Crippen molar-refractivity contribution in [1.82, 2.24) is 5.32 Å². The van der Waals surface area contributed by atoms with E-state index in [-0.39, 0.29) is 0 Å². The number of nitrogens with one attached hydrogen (secondary N) is 1. The highest BCUT2D eigenvalue weighted by atomic mass is 14.9. The van der Waals surface area contributed by atoms with Crippen LogP contribution in [0.25, 0.3) is 0 Å². The molecule has 0 saturated heterocycles. The van der Waals surface area contributed by atoms with Crippen molar-refractivity contribution in [2.24, 2.45) is 5.92 Å². The van der Waals surface area contributed by atoms with Gasteiger partial charge in [0.25, 0.3) is 0 Å². The van der Waals surface area contributed by atoms with E-state index in [0.717, 1.165) is 12.5 Å². The van der Waals surface area contributed by atoms with Crippen LogP contribution in [-0.2, 0) is 6.42 Å². The molecule has 0 amide bonds. The minimum Gasteiger partial charge on any atom is -0.314 e. The van der Waals surface area contributed by atoms with Crippen LogP contribution in [0.15, 0.2) is 24.3 Å². The molecule has 0 radical (unpaired) electrons. The second kappa shape index (κ2) is 6.94. The molecule has 1 N–H and O–H groups in total. The Morgan fingerprint density at radius 3 is 2.72 bits per heavy atom. The molecule has 18 heavy (non-hydrogen) atoms. The third-order valence-electron chi connectivity index (χ3n) is 4.03. The summed E-state index contributed by atoms with van der Waals surface area (Å²) in [5.74, 6) is 1.05. The van der Waals surface area contributed by atoms with Crippen molar-refractivity contribution in [3.05, 3.63) is 35.4 Å². The van der Waals surface area contributed by atoms with Crippen LogP contribution in [-0.4, -0.2) is 12.6 Å². The number of hydrogen-bond acceptors (Lipinski definition) is 1. The fraction of sp³-hybridized carbons (Fsp3) is 0.647. The first-order valence-electron chi connectivity index (χ1n) is 7.57. The van der Waals surface area contributed by atoms with Gasteiger partial charge in [-0.2, -0.15) is 0 Å². The Labute approximate surface area is 112 Å². The molecule has 1 saturated carbocycles. The van der Waals surface area contributed by atoms with Gasteiger partial charge in [0, 0.05) is 6.04 Å². The second-order valence-corrected chi connectivity index (χ2v) is 5.80. The maximum absolute atomic E-state index is 3.73. The smallest absolute Gasteiger partial charge is 0.0108 e. The van der Waals surface area contributed by atoms with Crippen molar-refractivity contribution < 1.29 is 0 Å². The number of benzene rings is 1. The second-order valence-electron chi connectivity index (χ2n) is 5.80. The highest BCUT2D eigenvalue weighted by Gasteiger charge is 2.22. The van der Waals surface area contributed by atoms with E-state index in [1.54, 1.807) is 0 Å². The van der Waals surface area contributed by atoms with Crippen molar-refractivity contribution in [3.63, 3.8) is 0 Å². The molecule has 1 nitrogen and oxygen atoms in total. The lowest BCUT2D eigenvalue weighted by Crippen LogP contribution is -2.32. The predicted molar refractivity (Wildman–Crippen MR) is 78.9 cm³/mol. The van der Waals surface area contributed by atoms with E-state index in [1.807, 2.05) is 0 Å². The molecule has 0 aromatic heterocycles. The van der Waals surface area contributed by atoms with Crippen molar-refractivity contribution in [1.29, 1.82) is 0 Å². The molecule has 2 rings (SSSR count). The van der Waals surface area contributed by atoms with Crippen LogP contribution in [0.4, 0.5) is 0 Å². The average Bonchev–Trinajstić information content (AvgIpc) is 3.19. The Bertz CT molecular complexity index is 354. The first kappa shape index (κ1) is 13.6. The molecule has 1 aliphatic carbocycles. The molecule has 1 aliphatic rings. The van der Waals surface area contributed by atoms with Gasteiger partial charge < -0.3 is 5.32 Å². The zero-order valence-corrected chi connectivity index (χ0v) is 11.9. The molecule has 0 heterocycles. The van der Waals surface area contributed by atoms with Gasteiger partial charge in [-0.1, -0.05) is 44.0 Å². The summed E-state index contributed by atoms with van der Waals surface area (Å²) >= 11 is 0. The molecule has 1 fully saturated rings. The molecule has 1 heteroatoms. The lowest BCUT2D eigenvalue weighted by Gasteiger charge is -2.19. The SMILES string of the molecule is CCCNC(CCC1CC1)Cc1ccccc1C. The molecule has 1 aromatic rings. The first-order chi connectivity index (χ1) is 8.79. The lowest BCUT2D eigenvalue weighted by molar-refractivity contribution is 0.451. The van der Waals surface area contributed by atoms with Gasteiger partial charge in [0.05, 0.1) is 0 Å². The summed E-state index contributed by atoms with van der Waals surface area (Å²) in [5, 5.41) is 3.73. The fourth-order valence-electron chi connectivity index (χ4n) is 2.57. The summed E-state index contributed by atoms with van der Waals surface area (Å²) in [6.07, 6.45) is 8.15. The van der Waals surface area contributed by atoms with E-state index in [1.165, 1.54) is 49.7 Å². The Kier molecular flexibility index (Phi) is 5.25. The van der Waals surface area contributed by atoms with Crippen LogP contribution >= 0.6 is 0 Å². The van der Waals surface area contributed by atoms with E-state index in [2.05, 4.69) is 43.4 Å². The molecule has 0 spiro atoms. The van der Waals surface area contributed by atoms with Crippen molar-refractivity contribution >= 4 is 0 Å². The van der Waals surface area contributed by atoms with Gasteiger partial charge in [0.1, 0.15) is 0 Å². The Morgan fingerprint density at radius 1 is 1.28 bits per heavy atom. The zero-order valence-electron chi connectivity index (χ0n) is 11.9. The van der Waals surface area contributed by atoms with Gasteiger partial charge in [-0.15, -0.1) is 0 Å². The quantitative estimate of drug-likeness (QED) is 0.727. The summed E-state index contributed by atoms with van der Waals surface area (Å²) in [6.45, 7) is 5.63. The fourth-order valence-corrected chi connectivity index (χ4v) is 2.57. The van der Waals surface area contributed by atoms with E-state index in [0.29, 0.717) is 6.04 Å². The van der Waals surface area contributed by atoms with Crippen LogP contribution < -0.4 is 5.32 Å². The third kappa shape index (κ3) is 4.45. The summed E-state index contributed by atoms with van der Waals surface area (Å²) in [6, 6.07) is 9.49. The number of hydrogen-bond donors (Lipinski definition) is 1. The summed E-state index contributed by atoms with van der Waals surface area (Å²) in [4.78, 5) is 0. The average molecular weight is 245 g/mol. The van der Waals surface area contributed by atoms with Crippen LogP contribution in [0.5, 0.6) is 0 Å². The summed E-state index contributed by atoms with van der Waals surface area (Å²) in [7, 11) is 0. The van der Waals surface area contributed by atoms with Crippen LogP contribution in [0.1, 0.15) is 50.2 Å². The minimum absolute atomic E-state index is 0.673. The van der Waals surface area contributed by atoms with E-state index >= 15 is 0 Å². The van der Waals surface area contributed by atoms with Gasteiger partial charge in [0.2, 0.25) is 0 Å². The molecule has 1 aromatic carbocycles. The zero-order chi connectivity index (χ0) is 12.8. The normalized spacial score (nSPS) is 16.8. The monoisotopic (exact) mass is 245 g/mol. The molecule has 0 bridgehead atoms. The topological polar surface area (TPSA) is 12.0 Å². The summed E-state index contributed by atoms with van der Waals surface area (Å²) in [5.41, 5.74) is 2.95. The summed E-state index contributed by atoms with van der Waals surface area (Å²) < 4.78 is 0. The Hall–Kier alpha value is -0.820. The van der Waals surface area contributed by atoms with E-state index in [4.69, 9.17) is 0 Å². The minimum atomic E-state index is 0.673. The third-order valence-corrected chi connectivity index (χ3v) is 4.03. The molecule has 0 aliphatic heterocycles. The van der Waals surface area contributed by atoms with E-state index in [9.17, 15) is 0 Å². The highest BCUT2D eigenvalue weighted by molar-refractivity contribution is 5.26. The molecule has 1 unspecified atom stereocenters. The van der Waals surface area contributed by atoms with Gasteiger partial charge in [-0.3, -0.25) is 0 Å². The van der Waals surface area contributed by atoms with E-state index < -0.39 is 0 Å². The van der Waals surface area contributed by atoms with Gasteiger partial charge in [-0.05, 0) is 56.2 Å². The van der Waals surface area contributed by atoms with Crippen LogP contribution in [0, 0.1) is 12.8 Å². The lowest BCUT2D eigenvalue weighted by atomic mass is 9.97. The van der Waals surface area contributed by atoms with Gasteiger partial charge in [-0.25, -0.2) is 0 Å². The predicted octanol–water partition coefficient (Wildman–Crippen LogP) is 4.10.